The van der Waals surface area contributed by atoms with Gasteiger partial charge in [-0.15, -0.1) is 0 Å². The Morgan fingerprint density at radius 1 is 1.69 bits per heavy atom. The molecule has 0 aliphatic heterocycles. The van der Waals surface area contributed by atoms with Crippen molar-refractivity contribution in [2.45, 2.75) is 5.09 Å². The van der Waals surface area contributed by atoms with Gasteiger partial charge in [0.1, 0.15) is 0 Å². The Kier molecular flexibility index (Phi) is 3.85. The highest BCUT2D eigenvalue weighted by atomic mass is 32.2. The molecule has 0 unspecified atom stereocenters. The standard InChI is InChI=1S/C8H11NO3S/c1-13-7-3-2-6(12-7)8(11)9-4-5-10/h2-3,10H,4-5H2,1H3,(H,9,11). The molecule has 13 heavy (non-hydrogen) atoms. The summed E-state index contributed by atoms with van der Waals surface area (Å²) in [6.45, 7) is 0.177. The van der Waals surface area contributed by atoms with Gasteiger partial charge in [-0.25, -0.2) is 0 Å². The Balaban J connectivity index is 2.55. The maximum atomic E-state index is 11.2. The number of thioether (sulfide) groups is 1. The first-order valence-electron chi connectivity index (χ1n) is 3.81. The summed E-state index contributed by atoms with van der Waals surface area (Å²) in [5.74, 6) is -0.0212. The zero-order chi connectivity index (χ0) is 9.68. The van der Waals surface area contributed by atoms with Gasteiger partial charge in [0.05, 0.1) is 6.61 Å². The second-order valence-corrected chi connectivity index (χ2v) is 3.11. The summed E-state index contributed by atoms with van der Waals surface area (Å²) >= 11 is 1.43. The van der Waals surface area contributed by atoms with E-state index in [2.05, 4.69) is 5.32 Å². The van der Waals surface area contributed by atoms with Crippen LogP contribution in [0.1, 0.15) is 10.6 Å². The molecular weight excluding hydrogens is 190 g/mol. The topological polar surface area (TPSA) is 62.5 Å². The van der Waals surface area contributed by atoms with Gasteiger partial charge in [-0.2, -0.15) is 0 Å². The van der Waals surface area contributed by atoms with E-state index in [0.717, 1.165) is 0 Å². The van der Waals surface area contributed by atoms with Crippen molar-refractivity contribution in [1.82, 2.24) is 5.32 Å². The van der Waals surface area contributed by atoms with E-state index in [-0.39, 0.29) is 24.8 Å². The summed E-state index contributed by atoms with van der Waals surface area (Å²) in [5.41, 5.74) is 0. The molecule has 1 rings (SSSR count). The van der Waals surface area contributed by atoms with Crippen molar-refractivity contribution in [1.29, 1.82) is 0 Å². The van der Waals surface area contributed by atoms with Crippen molar-refractivity contribution in [3.63, 3.8) is 0 Å². The molecule has 0 aliphatic carbocycles. The van der Waals surface area contributed by atoms with Crippen LogP contribution in [0.4, 0.5) is 0 Å². The van der Waals surface area contributed by atoms with Gasteiger partial charge >= 0.3 is 0 Å². The van der Waals surface area contributed by atoms with Crippen LogP contribution >= 0.6 is 11.8 Å². The largest absolute Gasteiger partial charge is 0.445 e. The monoisotopic (exact) mass is 201 g/mol. The van der Waals surface area contributed by atoms with Crippen molar-refractivity contribution in [2.75, 3.05) is 19.4 Å². The number of hydrogen-bond acceptors (Lipinski definition) is 4. The van der Waals surface area contributed by atoms with Crippen LogP contribution < -0.4 is 5.32 Å². The summed E-state index contributed by atoms with van der Waals surface area (Å²) in [5, 5.41) is 11.7. The molecule has 0 saturated carbocycles. The van der Waals surface area contributed by atoms with Crippen LogP contribution in [0, 0.1) is 0 Å². The number of nitrogens with one attached hydrogen (secondary N) is 1. The van der Waals surface area contributed by atoms with Crippen LogP contribution in [0.5, 0.6) is 0 Å². The molecule has 0 saturated heterocycles. The van der Waals surface area contributed by atoms with Crippen LogP contribution in [-0.4, -0.2) is 30.4 Å². The van der Waals surface area contributed by atoms with Gasteiger partial charge in [0.25, 0.3) is 5.91 Å². The molecule has 5 heteroatoms. The Hall–Kier alpha value is -0.940. The molecule has 0 aromatic carbocycles. The van der Waals surface area contributed by atoms with E-state index >= 15 is 0 Å². The van der Waals surface area contributed by atoms with E-state index < -0.39 is 0 Å². The molecule has 1 aromatic heterocycles. The lowest BCUT2D eigenvalue weighted by Gasteiger charge is -1.98. The van der Waals surface area contributed by atoms with E-state index in [9.17, 15) is 4.79 Å². The molecule has 0 atom stereocenters. The first-order valence-corrected chi connectivity index (χ1v) is 5.03. The molecule has 0 fully saturated rings. The van der Waals surface area contributed by atoms with Crippen molar-refractivity contribution in [3.8, 4) is 0 Å². The number of rotatable bonds is 4. The normalized spacial score (nSPS) is 10.0. The fourth-order valence-electron chi connectivity index (χ4n) is 0.808. The summed E-state index contributed by atoms with van der Waals surface area (Å²) in [6.07, 6.45) is 1.87. The van der Waals surface area contributed by atoms with Crippen molar-refractivity contribution < 1.29 is 14.3 Å². The number of aliphatic hydroxyl groups is 1. The van der Waals surface area contributed by atoms with Gasteiger partial charge in [0.2, 0.25) is 0 Å². The molecule has 72 valence electrons. The Bertz CT molecular complexity index is 285. The van der Waals surface area contributed by atoms with Gasteiger partial charge in [0, 0.05) is 6.54 Å². The van der Waals surface area contributed by atoms with Crippen LogP contribution in [0.2, 0.25) is 0 Å². The van der Waals surface area contributed by atoms with Gasteiger partial charge in [-0.3, -0.25) is 4.79 Å². The smallest absolute Gasteiger partial charge is 0.287 e. The van der Waals surface area contributed by atoms with E-state index in [0.29, 0.717) is 5.09 Å². The predicted molar refractivity (Wildman–Crippen MR) is 49.9 cm³/mol. The minimum absolute atomic E-state index is 0.0676. The number of hydrogen-bond donors (Lipinski definition) is 2. The number of furan rings is 1. The van der Waals surface area contributed by atoms with Gasteiger partial charge in [0.15, 0.2) is 10.9 Å². The summed E-state index contributed by atoms with van der Waals surface area (Å²) in [4.78, 5) is 11.2. The molecule has 4 nitrogen and oxygen atoms in total. The molecule has 1 heterocycles. The van der Waals surface area contributed by atoms with Crippen LogP contribution in [0.3, 0.4) is 0 Å². The van der Waals surface area contributed by atoms with Crippen LogP contribution in [-0.2, 0) is 0 Å². The maximum absolute atomic E-state index is 11.2. The quantitative estimate of drug-likeness (QED) is 0.705. The molecule has 0 spiro atoms. The average molecular weight is 201 g/mol. The van der Waals surface area contributed by atoms with Crippen molar-refractivity contribution in [3.05, 3.63) is 17.9 Å². The highest BCUT2D eigenvalue weighted by molar-refractivity contribution is 7.98. The van der Waals surface area contributed by atoms with Crippen LogP contribution in [0.15, 0.2) is 21.6 Å². The Morgan fingerprint density at radius 3 is 3.00 bits per heavy atom. The summed E-state index contributed by atoms with van der Waals surface area (Å²) in [7, 11) is 0. The summed E-state index contributed by atoms with van der Waals surface area (Å²) < 4.78 is 5.16. The van der Waals surface area contributed by atoms with E-state index in [1.807, 2.05) is 6.26 Å². The van der Waals surface area contributed by atoms with E-state index in [4.69, 9.17) is 9.52 Å². The van der Waals surface area contributed by atoms with E-state index in [1.54, 1.807) is 12.1 Å². The van der Waals surface area contributed by atoms with Gasteiger partial charge in [-0.05, 0) is 18.4 Å². The maximum Gasteiger partial charge on any atom is 0.287 e. The molecule has 0 radical (unpaired) electrons. The Labute approximate surface area is 80.3 Å². The minimum atomic E-state index is -0.297. The Morgan fingerprint density at radius 2 is 2.46 bits per heavy atom. The second-order valence-electron chi connectivity index (χ2n) is 2.30. The number of carbonyl (C=O) groups is 1. The third-order valence-corrected chi connectivity index (χ3v) is 2.03. The number of amides is 1. The average Bonchev–Trinajstić information content (AvgIpc) is 2.62. The molecule has 0 aliphatic rings. The van der Waals surface area contributed by atoms with Gasteiger partial charge in [-0.1, -0.05) is 11.8 Å². The zero-order valence-electron chi connectivity index (χ0n) is 7.24. The summed E-state index contributed by atoms with van der Waals surface area (Å²) in [6, 6.07) is 3.34. The predicted octanol–water partition coefficient (Wildman–Crippen LogP) is 0.724. The van der Waals surface area contributed by atoms with E-state index in [1.165, 1.54) is 11.8 Å². The molecule has 1 amide bonds. The SMILES string of the molecule is CSc1ccc(C(=O)NCCO)o1. The fourth-order valence-corrected chi connectivity index (χ4v) is 1.19. The highest BCUT2D eigenvalue weighted by Crippen LogP contribution is 2.17. The lowest BCUT2D eigenvalue weighted by Crippen LogP contribution is -2.25. The molecule has 2 N–H and O–H groups in total. The van der Waals surface area contributed by atoms with Gasteiger partial charge < -0.3 is 14.8 Å². The fraction of sp³-hybridized carbons (Fsp3) is 0.375. The van der Waals surface area contributed by atoms with Crippen LogP contribution in [0.25, 0.3) is 0 Å². The molecular formula is C8H11NO3S. The lowest BCUT2D eigenvalue weighted by atomic mass is 10.4. The first kappa shape index (κ1) is 10.1. The lowest BCUT2D eigenvalue weighted by molar-refractivity contribution is 0.0912. The number of aliphatic hydroxyl groups excluding tert-OH is 1. The first-order chi connectivity index (χ1) is 6.27. The second kappa shape index (κ2) is 4.94. The number of carbonyl (C=O) groups excluding carboxylic acids is 1. The molecule has 0 bridgehead atoms. The van der Waals surface area contributed by atoms with Crippen molar-refractivity contribution >= 4 is 17.7 Å². The van der Waals surface area contributed by atoms with Crippen molar-refractivity contribution in [2.24, 2.45) is 0 Å². The third kappa shape index (κ3) is 2.78. The zero-order valence-corrected chi connectivity index (χ0v) is 8.06. The highest BCUT2D eigenvalue weighted by Gasteiger charge is 2.09. The minimum Gasteiger partial charge on any atom is -0.445 e. The molecule has 1 aromatic rings. The third-order valence-electron chi connectivity index (χ3n) is 1.40.